The second-order valence-corrected chi connectivity index (χ2v) is 7.33. The molecule has 2 fully saturated rings. The number of nitrogens with one attached hydrogen (secondary N) is 3. The average molecular weight is 328 g/mol. The fraction of sp³-hybridized carbons (Fsp3) is 1.00. The summed E-state index contributed by atoms with van der Waals surface area (Å²) in [5.41, 5.74) is 0.318. The van der Waals surface area contributed by atoms with Crippen molar-refractivity contribution in [2.45, 2.75) is 76.2 Å². The van der Waals surface area contributed by atoms with E-state index in [1.165, 1.54) is 0 Å². The Morgan fingerprint density at radius 1 is 1.05 bits per heavy atom. The summed E-state index contributed by atoms with van der Waals surface area (Å²) in [6, 6.07) is 0.684. The third kappa shape index (κ3) is 5.66. The Balaban J connectivity index is 0.00000180. The molecule has 0 aromatic carbocycles. The molecule has 0 aromatic heterocycles. The zero-order valence-electron chi connectivity index (χ0n) is 13.0. The maximum absolute atomic E-state index is 10.0. The first kappa shape index (κ1) is 20.4. The Labute approximate surface area is 135 Å². The number of hydrogen-bond acceptors (Lipinski definition) is 4. The molecule has 2 saturated heterocycles. The van der Waals surface area contributed by atoms with Crippen LogP contribution < -0.4 is 16.0 Å². The van der Waals surface area contributed by atoms with Crippen molar-refractivity contribution in [3.05, 3.63) is 0 Å². The number of aliphatic hydroxyl groups is 1. The van der Waals surface area contributed by atoms with Crippen LogP contribution in [0, 0.1) is 0 Å². The zero-order chi connectivity index (χ0) is 13.4. The summed E-state index contributed by atoms with van der Waals surface area (Å²) in [6.07, 6.45) is 2.88. The van der Waals surface area contributed by atoms with E-state index in [1.807, 2.05) is 0 Å². The number of rotatable bonds is 2. The minimum Gasteiger partial charge on any atom is -0.391 e. The highest BCUT2D eigenvalue weighted by Crippen LogP contribution is 2.29. The number of piperidine rings is 2. The standard InChI is InChI=1S/C14H29N3O.2ClH/c1-13(2)7-10(8-14(3,4)17-13)16-11-9-15-6-5-12(11)18;;/h10-12,15-18H,5-9H2,1-4H3;2*1H/t11-,12+;;/m0../s1. The van der Waals surface area contributed by atoms with Crippen LogP contribution in [0.15, 0.2) is 0 Å². The molecule has 4 N–H and O–H groups in total. The normalized spacial score (nSPS) is 32.9. The smallest absolute Gasteiger partial charge is 0.0717 e. The van der Waals surface area contributed by atoms with E-state index in [4.69, 9.17) is 0 Å². The molecule has 0 amide bonds. The van der Waals surface area contributed by atoms with Gasteiger partial charge in [-0.2, -0.15) is 0 Å². The van der Waals surface area contributed by atoms with Gasteiger partial charge in [-0.15, -0.1) is 24.8 Å². The van der Waals surface area contributed by atoms with Crippen molar-refractivity contribution >= 4 is 24.8 Å². The lowest BCUT2D eigenvalue weighted by molar-refractivity contribution is 0.0726. The summed E-state index contributed by atoms with van der Waals surface area (Å²) in [6.45, 7) is 10.9. The second kappa shape index (κ2) is 7.61. The van der Waals surface area contributed by atoms with E-state index in [1.54, 1.807) is 0 Å². The van der Waals surface area contributed by atoms with Crippen molar-refractivity contribution in [1.82, 2.24) is 16.0 Å². The first-order valence-electron chi connectivity index (χ1n) is 7.22. The number of aliphatic hydroxyl groups excluding tert-OH is 1. The second-order valence-electron chi connectivity index (χ2n) is 7.33. The van der Waals surface area contributed by atoms with Crippen molar-refractivity contribution in [2.75, 3.05) is 13.1 Å². The van der Waals surface area contributed by atoms with Gasteiger partial charge in [-0.25, -0.2) is 0 Å². The highest BCUT2D eigenvalue weighted by Gasteiger charge is 2.39. The van der Waals surface area contributed by atoms with Gasteiger partial charge in [-0.3, -0.25) is 0 Å². The summed E-state index contributed by atoms with van der Waals surface area (Å²) >= 11 is 0. The highest BCUT2D eigenvalue weighted by atomic mass is 35.5. The van der Waals surface area contributed by atoms with Crippen molar-refractivity contribution in [3.8, 4) is 0 Å². The van der Waals surface area contributed by atoms with Crippen LogP contribution in [0.25, 0.3) is 0 Å². The Hall–Kier alpha value is 0.420. The van der Waals surface area contributed by atoms with Gasteiger partial charge in [0.2, 0.25) is 0 Å². The summed E-state index contributed by atoms with van der Waals surface area (Å²) in [5.74, 6) is 0. The topological polar surface area (TPSA) is 56.3 Å². The zero-order valence-corrected chi connectivity index (χ0v) is 14.7. The Morgan fingerprint density at radius 3 is 2.10 bits per heavy atom. The van der Waals surface area contributed by atoms with Crippen LogP contribution in [-0.2, 0) is 0 Å². The first-order valence-corrected chi connectivity index (χ1v) is 7.22. The molecule has 2 heterocycles. The van der Waals surface area contributed by atoms with Gasteiger partial charge in [-0.1, -0.05) is 0 Å². The van der Waals surface area contributed by atoms with Crippen LogP contribution in [0.1, 0.15) is 47.0 Å². The highest BCUT2D eigenvalue weighted by molar-refractivity contribution is 5.85. The molecule has 2 atom stereocenters. The third-order valence-electron chi connectivity index (χ3n) is 4.09. The largest absolute Gasteiger partial charge is 0.391 e. The van der Waals surface area contributed by atoms with E-state index in [0.717, 1.165) is 32.4 Å². The summed E-state index contributed by atoms with van der Waals surface area (Å²) < 4.78 is 0. The molecule has 0 unspecified atom stereocenters. The molecule has 2 rings (SSSR count). The van der Waals surface area contributed by atoms with Gasteiger partial charge in [-0.05, 0) is 53.5 Å². The molecule has 0 bridgehead atoms. The molecule has 20 heavy (non-hydrogen) atoms. The van der Waals surface area contributed by atoms with Crippen LogP contribution >= 0.6 is 24.8 Å². The predicted octanol–water partition coefficient (Wildman–Crippen LogP) is 1.45. The first-order chi connectivity index (χ1) is 8.27. The van der Waals surface area contributed by atoms with Gasteiger partial charge < -0.3 is 21.1 Å². The average Bonchev–Trinajstić information content (AvgIpc) is 2.16. The summed E-state index contributed by atoms with van der Waals surface area (Å²) in [4.78, 5) is 0. The van der Waals surface area contributed by atoms with Crippen LogP contribution in [0.4, 0.5) is 0 Å². The van der Waals surface area contributed by atoms with Crippen LogP contribution in [0.3, 0.4) is 0 Å². The summed E-state index contributed by atoms with van der Waals surface area (Å²) in [7, 11) is 0. The molecule has 0 spiro atoms. The van der Waals surface area contributed by atoms with E-state index in [2.05, 4.69) is 43.6 Å². The lowest BCUT2D eigenvalue weighted by atomic mass is 9.79. The Kier molecular flexibility index (Phi) is 7.77. The van der Waals surface area contributed by atoms with Crippen LogP contribution in [0.2, 0.25) is 0 Å². The minimum absolute atomic E-state index is 0. The Bertz CT molecular complexity index is 284. The van der Waals surface area contributed by atoms with Crippen molar-refractivity contribution in [2.24, 2.45) is 0 Å². The van der Waals surface area contributed by atoms with E-state index < -0.39 is 0 Å². The van der Waals surface area contributed by atoms with Gasteiger partial charge in [0, 0.05) is 29.7 Å². The monoisotopic (exact) mass is 327 g/mol. The summed E-state index contributed by atoms with van der Waals surface area (Å²) in [5, 5.41) is 20.8. The molecular weight excluding hydrogens is 297 g/mol. The van der Waals surface area contributed by atoms with Gasteiger partial charge in [0.1, 0.15) is 0 Å². The predicted molar refractivity (Wildman–Crippen MR) is 89.2 cm³/mol. The molecule has 122 valence electrons. The fourth-order valence-electron chi connectivity index (χ4n) is 3.76. The molecule has 0 radical (unpaired) electrons. The van der Waals surface area contributed by atoms with Gasteiger partial charge in [0.25, 0.3) is 0 Å². The molecule has 2 aliphatic heterocycles. The van der Waals surface area contributed by atoms with E-state index >= 15 is 0 Å². The van der Waals surface area contributed by atoms with Crippen LogP contribution in [0.5, 0.6) is 0 Å². The molecule has 0 aliphatic carbocycles. The molecular formula is C14H31Cl2N3O. The lowest BCUT2D eigenvalue weighted by Gasteiger charge is -2.48. The van der Waals surface area contributed by atoms with E-state index in [9.17, 15) is 5.11 Å². The number of halogens is 2. The molecule has 2 aliphatic rings. The van der Waals surface area contributed by atoms with E-state index in [-0.39, 0.29) is 48.0 Å². The van der Waals surface area contributed by atoms with Crippen LogP contribution in [-0.4, -0.2) is 47.5 Å². The fourth-order valence-corrected chi connectivity index (χ4v) is 3.76. The quantitative estimate of drug-likeness (QED) is 0.620. The lowest BCUT2D eigenvalue weighted by Crippen LogP contribution is -2.64. The van der Waals surface area contributed by atoms with Crippen molar-refractivity contribution in [1.29, 1.82) is 0 Å². The molecule has 0 saturated carbocycles. The minimum atomic E-state index is -0.202. The number of hydrogen-bond donors (Lipinski definition) is 4. The van der Waals surface area contributed by atoms with Gasteiger partial charge in [0.15, 0.2) is 0 Å². The van der Waals surface area contributed by atoms with E-state index in [0.29, 0.717) is 6.04 Å². The Morgan fingerprint density at radius 2 is 1.60 bits per heavy atom. The van der Waals surface area contributed by atoms with Gasteiger partial charge in [0.05, 0.1) is 6.10 Å². The molecule has 6 heteroatoms. The van der Waals surface area contributed by atoms with Crippen molar-refractivity contribution in [3.63, 3.8) is 0 Å². The van der Waals surface area contributed by atoms with Crippen molar-refractivity contribution < 1.29 is 5.11 Å². The molecule has 4 nitrogen and oxygen atoms in total. The third-order valence-corrected chi connectivity index (χ3v) is 4.09. The molecule has 0 aromatic rings. The SMILES string of the molecule is CC1(C)CC(N[C@H]2CNCC[C@H]2O)CC(C)(C)N1.Cl.Cl. The maximum atomic E-state index is 10.0. The maximum Gasteiger partial charge on any atom is 0.0717 e. The van der Waals surface area contributed by atoms with Gasteiger partial charge >= 0.3 is 0 Å².